The van der Waals surface area contributed by atoms with Crippen molar-refractivity contribution in [3.05, 3.63) is 30.1 Å². The number of hydrogen-bond acceptors (Lipinski definition) is 1. The van der Waals surface area contributed by atoms with Gasteiger partial charge in [-0.25, -0.2) is 0 Å². The molecule has 0 saturated carbocycles. The second-order valence-corrected chi connectivity index (χ2v) is 2.24. The first-order chi connectivity index (χ1) is 4.81. The van der Waals surface area contributed by atoms with Crippen molar-refractivity contribution in [1.29, 1.82) is 0 Å². The summed E-state index contributed by atoms with van der Waals surface area (Å²) in [6.45, 7) is 6.27. The summed E-state index contributed by atoms with van der Waals surface area (Å²) in [6, 6.07) is 3.95. The van der Waals surface area contributed by atoms with Crippen LogP contribution in [0.15, 0.2) is 24.5 Å². The Morgan fingerprint density at radius 2 is 2.00 bits per heavy atom. The van der Waals surface area contributed by atoms with E-state index in [1.54, 1.807) is 6.20 Å². The molecule has 1 heteroatoms. The average molecular weight is 137 g/mol. The second-order valence-electron chi connectivity index (χ2n) is 2.24. The lowest BCUT2D eigenvalue weighted by Crippen LogP contribution is -1.69. The molecule has 0 atom stereocenters. The molecule has 0 N–H and O–H groups in total. The van der Waals surface area contributed by atoms with Crippen LogP contribution in [0.25, 0.3) is 0 Å². The van der Waals surface area contributed by atoms with Crippen molar-refractivity contribution in [3.8, 4) is 0 Å². The molecule has 1 nitrogen and oxygen atoms in total. The van der Waals surface area contributed by atoms with Crippen LogP contribution in [-0.4, -0.2) is 4.98 Å². The molecule has 0 amide bonds. The Labute approximate surface area is 63.1 Å². The summed E-state index contributed by atoms with van der Waals surface area (Å²) in [5.41, 5.74) is 1.21. The third-order valence-electron chi connectivity index (χ3n) is 0.809. The molecule has 0 unspecified atom stereocenters. The first-order valence-corrected chi connectivity index (χ1v) is 3.67. The van der Waals surface area contributed by atoms with Crippen LogP contribution in [0.3, 0.4) is 0 Å². The van der Waals surface area contributed by atoms with E-state index in [1.807, 2.05) is 25.3 Å². The zero-order chi connectivity index (χ0) is 7.82. The van der Waals surface area contributed by atoms with E-state index in [4.69, 9.17) is 0 Å². The van der Waals surface area contributed by atoms with E-state index in [0.717, 1.165) is 0 Å². The Balaban J connectivity index is 0.000000236. The highest BCUT2D eigenvalue weighted by atomic mass is 14.6. The molecular weight excluding hydrogens is 122 g/mol. The van der Waals surface area contributed by atoms with Gasteiger partial charge < -0.3 is 0 Å². The predicted octanol–water partition coefficient (Wildman–Crippen LogP) is 2.81. The molecule has 0 bridgehead atoms. The van der Waals surface area contributed by atoms with E-state index in [9.17, 15) is 0 Å². The summed E-state index contributed by atoms with van der Waals surface area (Å²) in [4.78, 5) is 3.88. The topological polar surface area (TPSA) is 12.9 Å². The van der Waals surface area contributed by atoms with Gasteiger partial charge in [0.15, 0.2) is 0 Å². The van der Waals surface area contributed by atoms with Crippen molar-refractivity contribution in [2.75, 3.05) is 0 Å². The lowest BCUT2D eigenvalue weighted by atomic mass is 10.3. The summed E-state index contributed by atoms with van der Waals surface area (Å²) in [7, 11) is 0. The Hall–Kier alpha value is -0.850. The SMILES string of the molecule is CCC.Cc1cccnc1. The maximum atomic E-state index is 3.88. The first-order valence-electron chi connectivity index (χ1n) is 3.67. The van der Waals surface area contributed by atoms with Gasteiger partial charge in [0.25, 0.3) is 0 Å². The van der Waals surface area contributed by atoms with Gasteiger partial charge in [-0.15, -0.1) is 0 Å². The maximum Gasteiger partial charge on any atom is 0.0297 e. The number of hydrogen-bond donors (Lipinski definition) is 0. The molecule has 1 aromatic rings. The number of aromatic nitrogens is 1. The van der Waals surface area contributed by atoms with Crippen molar-refractivity contribution in [1.82, 2.24) is 4.98 Å². The van der Waals surface area contributed by atoms with Crippen LogP contribution in [-0.2, 0) is 0 Å². The summed E-state index contributed by atoms with van der Waals surface area (Å²) >= 11 is 0. The fraction of sp³-hybridized carbons (Fsp3) is 0.444. The predicted molar refractivity (Wildman–Crippen MR) is 44.9 cm³/mol. The van der Waals surface area contributed by atoms with E-state index in [-0.39, 0.29) is 0 Å². The van der Waals surface area contributed by atoms with Gasteiger partial charge in [0.2, 0.25) is 0 Å². The summed E-state index contributed by atoms with van der Waals surface area (Å²) in [6.07, 6.45) is 4.85. The fourth-order valence-corrected chi connectivity index (χ4v) is 0.448. The summed E-state index contributed by atoms with van der Waals surface area (Å²) in [5.74, 6) is 0. The number of rotatable bonds is 0. The first kappa shape index (κ1) is 9.15. The normalized spacial score (nSPS) is 7.90. The average Bonchev–Trinajstić information content (AvgIpc) is 1.91. The minimum atomic E-state index is 1.21. The molecule has 0 radical (unpaired) electrons. The van der Waals surface area contributed by atoms with Crippen molar-refractivity contribution >= 4 is 0 Å². The van der Waals surface area contributed by atoms with Crippen LogP contribution in [0.5, 0.6) is 0 Å². The molecule has 1 heterocycles. The minimum Gasteiger partial charge on any atom is -0.264 e. The second kappa shape index (κ2) is 6.27. The number of nitrogens with zero attached hydrogens (tertiary/aromatic N) is 1. The van der Waals surface area contributed by atoms with Gasteiger partial charge in [-0.2, -0.15) is 0 Å². The van der Waals surface area contributed by atoms with Gasteiger partial charge in [-0.3, -0.25) is 4.98 Å². The smallest absolute Gasteiger partial charge is 0.0297 e. The molecule has 0 aliphatic heterocycles. The van der Waals surface area contributed by atoms with E-state index in [2.05, 4.69) is 18.8 Å². The molecule has 10 heavy (non-hydrogen) atoms. The molecule has 0 saturated heterocycles. The summed E-state index contributed by atoms with van der Waals surface area (Å²) < 4.78 is 0. The zero-order valence-electron chi connectivity index (χ0n) is 6.96. The summed E-state index contributed by atoms with van der Waals surface area (Å²) in [5, 5.41) is 0. The highest BCUT2D eigenvalue weighted by molar-refractivity contribution is 5.04. The van der Waals surface area contributed by atoms with Gasteiger partial charge >= 0.3 is 0 Å². The lowest BCUT2D eigenvalue weighted by molar-refractivity contribution is 1.09. The monoisotopic (exact) mass is 137 g/mol. The van der Waals surface area contributed by atoms with Gasteiger partial charge in [0.1, 0.15) is 0 Å². The molecule has 56 valence electrons. The molecule has 0 aromatic carbocycles. The lowest BCUT2D eigenvalue weighted by Gasteiger charge is -1.82. The zero-order valence-corrected chi connectivity index (χ0v) is 6.96. The highest BCUT2D eigenvalue weighted by Gasteiger charge is 1.73. The van der Waals surface area contributed by atoms with E-state index in [0.29, 0.717) is 0 Å². The Kier molecular flexibility index (Phi) is 5.74. The van der Waals surface area contributed by atoms with Crippen LogP contribution in [0.4, 0.5) is 0 Å². The van der Waals surface area contributed by atoms with Gasteiger partial charge in [0, 0.05) is 12.4 Å². The Morgan fingerprint density at radius 1 is 1.40 bits per heavy atom. The minimum absolute atomic E-state index is 1.21. The van der Waals surface area contributed by atoms with Crippen LogP contribution >= 0.6 is 0 Å². The maximum absolute atomic E-state index is 3.88. The third kappa shape index (κ3) is 5.29. The van der Waals surface area contributed by atoms with E-state index in [1.165, 1.54) is 12.0 Å². The third-order valence-corrected chi connectivity index (χ3v) is 0.809. The molecule has 0 aliphatic carbocycles. The Bertz CT molecular complexity index is 146. The van der Waals surface area contributed by atoms with Crippen molar-refractivity contribution < 1.29 is 0 Å². The largest absolute Gasteiger partial charge is 0.264 e. The molecular formula is C9H15N. The van der Waals surface area contributed by atoms with Crippen molar-refractivity contribution in [2.24, 2.45) is 0 Å². The van der Waals surface area contributed by atoms with Gasteiger partial charge in [0.05, 0.1) is 0 Å². The molecule has 0 spiro atoms. The van der Waals surface area contributed by atoms with Crippen LogP contribution < -0.4 is 0 Å². The van der Waals surface area contributed by atoms with Crippen molar-refractivity contribution in [3.63, 3.8) is 0 Å². The van der Waals surface area contributed by atoms with E-state index < -0.39 is 0 Å². The van der Waals surface area contributed by atoms with Crippen LogP contribution in [0.1, 0.15) is 25.8 Å². The van der Waals surface area contributed by atoms with Gasteiger partial charge in [-0.05, 0) is 18.6 Å². The highest BCUT2D eigenvalue weighted by Crippen LogP contribution is 1.88. The van der Waals surface area contributed by atoms with E-state index >= 15 is 0 Å². The molecule has 1 aromatic heterocycles. The fourth-order valence-electron chi connectivity index (χ4n) is 0.448. The standard InChI is InChI=1S/C6H7N.C3H8/c1-6-3-2-4-7-5-6;1-3-2/h2-5H,1H3;3H2,1-2H3. The quantitative estimate of drug-likeness (QED) is 0.535. The molecule has 1 rings (SSSR count). The van der Waals surface area contributed by atoms with Crippen LogP contribution in [0.2, 0.25) is 0 Å². The van der Waals surface area contributed by atoms with Crippen LogP contribution in [0, 0.1) is 6.92 Å². The number of aryl methyl sites for hydroxylation is 1. The molecule has 0 fully saturated rings. The Morgan fingerprint density at radius 3 is 2.20 bits per heavy atom. The molecule has 0 aliphatic rings. The van der Waals surface area contributed by atoms with Gasteiger partial charge in [-0.1, -0.05) is 26.3 Å². The van der Waals surface area contributed by atoms with Crippen molar-refractivity contribution in [2.45, 2.75) is 27.2 Å². The number of pyridine rings is 1.